The molecule has 0 amide bonds. The largest absolute Gasteiger partial charge is 0.496 e. The summed E-state index contributed by atoms with van der Waals surface area (Å²) < 4.78 is 16.9. The number of para-hydroxylation sites is 1. The molecule has 0 fully saturated rings. The highest BCUT2D eigenvalue weighted by atomic mass is 16.5. The molecule has 0 saturated heterocycles. The summed E-state index contributed by atoms with van der Waals surface area (Å²) >= 11 is 0. The molecule has 1 unspecified atom stereocenters. The van der Waals surface area contributed by atoms with Gasteiger partial charge in [-0.15, -0.1) is 0 Å². The number of benzene rings is 3. The second-order valence-corrected chi connectivity index (χ2v) is 7.08. The van der Waals surface area contributed by atoms with E-state index in [1.54, 1.807) is 21.3 Å². The first-order valence-corrected chi connectivity index (χ1v) is 9.58. The number of nitrogens with one attached hydrogen (secondary N) is 1. The van der Waals surface area contributed by atoms with Gasteiger partial charge in [-0.3, -0.25) is 0 Å². The SMILES string of the molecule is COc1cc(OC)c(C(c2ccc(C)cc2)c2c[nH]c3ccccc23)cc1OC. The second kappa shape index (κ2) is 7.92. The Morgan fingerprint density at radius 1 is 0.724 bits per heavy atom. The minimum atomic E-state index is -0.0264. The monoisotopic (exact) mass is 387 g/mol. The standard InChI is InChI=1S/C25H25NO3/c1-16-9-11-17(12-10-16)25(20-15-26-21-8-6-5-7-18(20)21)19-13-23(28-3)24(29-4)14-22(19)27-2/h5-15,25-26H,1-4H3. The molecule has 4 nitrogen and oxygen atoms in total. The minimum Gasteiger partial charge on any atom is -0.496 e. The first-order valence-electron chi connectivity index (χ1n) is 9.58. The third kappa shape index (κ3) is 3.42. The topological polar surface area (TPSA) is 43.5 Å². The van der Waals surface area contributed by atoms with Crippen LogP contribution in [-0.2, 0) is 0 Å². The van der Waals surface area contributed by atoms with Gasteiger partial charge < -0.3 is 19.2 Å². The highest BCUT2D eigenvalue weighted by Crippen LogP contribution is 2.44. The number of H-pyrrole nitrogens is 1. The molecule has 4 aromatic rings. The fourth-order valence-corrected chi connectivity index (χ4v) is 3.90. The van der Waals surface area contributed by atoms with Gasteiger partial charge in [0.1, 0.15) is 5.75 Å². The number of aromatic nitrogens is 1. The zero-order valence-corrected chi connectivity index (χ0v) is 17.2. The molecule has 4 rings (SSSR count). The fraction of sp³-hybridized carbons (Fsp3) is 0.200. The summed E-state index contributed by atoms with van der Waals surface area (Å²) in [5.74, 6) is 2.06. The Kier molecular flexibility index (Phi) is 5.17. The predicted molar refractivity (Wildman–Crippen MR) is 117 cm³/mol. The lowest BCUT2D eigenvalue weighted by Gasteiger charge is -2.22. The maximum Gasteiger partial charge on any atom is 0.164 e. The number of ether oxygens (including phenoxy) is 3. The smallest absolute Gasteiger partial charge is 0.164 e. The molecule has 0 radical (unpaired) electrons. The number of hydrogen-bond donors (Lipinski definition) is 1. The molecule has 0 saturated carbocycles. The Bertz CT molecular complexity index is 1130. The van der Waals surface area contributed by atoms with Crippen LogP contribution in [-0.4, -0.2) is 26.3 Å². The van der Waals surface area contributed by atoms with Crippen molar-refractivity contribution in [3.05, 3.63) is 89.1 Å². The van der Waals surface area contributed by atoms with Gasteiger partial charge in [-0.25, -0.2) is 0 Å². The second-order valence-electron chi connectivity index (χ2n) is 7.08. The average molecular weight is 387 g/mol. The maximum atomic E-state index is 5.78. The zero-order valence-electron chi connectivity index (χ0n) is 17.2. The van der Waals surface area contributed by atoms with Gasteiger partial charge in [0.15, 0.2) is 11.5 Å². The van der Waals surface area contributed by atoms with Crippen molar-refractivity contribution in [3.63, 3.8) is 0 Å². The van der Waals surface area contributed by atoms with Crippen molar-refractivity contribution in [2.75, 3.05) is 21.3 Å². The predicted octanol–water partition coefficient (Wildman–Crippen LogP) is 5.68. The van der Waals surface area contributed by atoms with Gasteiger partial charge >= 0.3 is 0 Å². The molecule has 0 aliphatic rings. The average Bonchev–Trinajstić information content (AvgIpc) is 3.18. The normalized spacial score (nSPS) is 12.0. The lowest BCUT2D eigenvalue weighted by atomic mass is 9.84. The molecule has 1 N–H and O–H groups in total. The molecule has 4 heteroatoms. The molecule has 1 heterocycles. The van der Waals surface area contributed by atoms with Crippen molar-refractivity contribution in [1.82, 2.24) is 4.98 Å². The molecule has 29 heavy (non-hydrogen) atoms. The van der Waals surface area contributed by atoms with E-state index in [2.05, 4.69) is 60.6 Å². The van der Waals surface area contributed by atoms with Crippen molar-refractivity contribution in [1.29, 1.82) is 0 Å². The van der Waals surface area contributed by atoms with Gasteiger partial charge in [-0.1, -0.05) is 48.0 Å². The maximum absolute atomic E-state index is 5.78. The highest BCUT2D eigenvalue weighted by molar-refractivity contribution is 5.85. The third-order valence-electron chi connectivity index (χ3n) is 5.39. The molecular weight excluding hydrogens is 362 g/mol. The molecule has 0 aliphatic heterocycles. The van der Waals surface area contributed by atoms with Crippen molar-refractivity contribution < 1.29 is 14.2 Å². The van der Waals surface area contributed by atoms with E-state index in [-0.39, 0.29) is 5.92 Å². The van der Waals surface area contributed by atoms with Gasteiger partial charge in [-0.2, -0.15) is 0 Å². The Morgan fingerprint density at radius 2 is 1.38 bits per heavy atom. The lowest BCUT2D eigenvalue weighted by Crippen LogP contribution is -2.06. The zero-order chi connectivity index (χ0) is 20.4. The molecule has 1 aromatic heterocycles. The number of fused-ring (bicyclic) bond motifs is 1. The van der Waals surface area contributed by atoms with Crippen molar-refractivity contribution in [2.24, 2.45) is 0 Å². The number of rotatable bonds is 6. The van der Waals surface area contributed by atoms with Gasteiger partial charge in [0.2, 0.25) is 0 Å². The number of hydrogen-bond acceptors (Lipinski definition) is 3. The summed E-state index contributed by atoms with van der Waals surface area (Å²) in [5, 5.41) is 1.19. The van der Waals surface area contributed by atoms with Crippen LogP contribution in [0.5, 0.6) is 17.2 Å². The van der Waals surface area contributed by atoms with Crippen LogP contribution in [0.4, 0.5) is 0 Å². The van der Waals surface area contributed by atoms with Crippen LogP contribution < -0.4 is 14.2 Å². The number of aryl methyl sites for hydroxylation is 1. The van der Waals surface area contributed by atoms with E-state index in [9.17, 15) is 0 Å². The van der Waals surface area contributed by atoms with Crippen LogP contribution >= 0.6 is 0 Å². The molecule has 0 aliphatic carbocycles. The third-order valence-corrected chi connectivity index (χ3v) is 5.39. The van der Waals surface area contributed by atoms with Gasteiger partial charge in [-0.05, 0) is 30.2 Å². The summed E-state index contributed by atoms with van der Waals surface area (Å²) in [6.45, 7) is 2.10. The van der Waals surface area contributed by atoms with E-state index in [4.69, 9.17) is 14.2 Å². The Morgan fingerprint density at radius 3 is 2.07 bits per heavy atom. The van der Waals surface area contributed by atoms with E-state index >= 15 is 0 Å². The Balaban J connectivity index is 2.00. The Hall–Kier alpha value is -3.40. The van der Waals surface area contributed by atoms with Crippen LogP contribution in [0, 0.1) is 6.92 Å². The van der Waals surface area contributed by atoms with Gasteiger partial charge in [0.05, 0.1) is 21.3 Å². The number of methoxy groups -OCH3 is 3. The molecular formula is C25H25NO3. The van der Waals surface area contributed by atoms with Crippen LogP contribution in [0.2, 0.25) is 0 Å². The number of aromatic amines is 1. The minimum absolute atomic E-state index is 0.0264. The molecule has 0 spiro atoms. The summed E-state index contributed by atoms with van der Waals surface area (Å²) in [7, 11) is 4.97. The molecule has 1 atom stereocenters. The summed E-state index contributed by atoms with van der Waals surface area (Å²) in [5.41, 5.74) is 5.74. The van der Waals surface area contributed by atoms with Gasteiger partial charge in [0, 0.05) is 34.6 Å². The van der Waals surface area contributed by atoms with Crippen LogP contribution in [0.15, 0.2) is 66.9 Å². The van der Waals surface area contributed by atoms with E-state index in [0.717, 1.165) is 16.8 Å². The van der Waals surface area contributed by atoms with E-state index in [0.29, 0.717) is 11.5 Å². The first-order chi connectivity index (χ1) is 14.2. The van der Waals surface area contributed by atoms with E-state index in [1.165, 1.54) is 22.1 Å². The highest BCUT2D eigenvalue weighted by Gasteiger charge is 2.25. The van der Waals surface area contributed by atoms with Crippen molar-refractivity contribution in [2.45, 2.75) is 12.8 Å². The molecule has 3 aromatic carbocycles. The first kappa shape index (κ1) is 18.9. The summed E-state index contributed by atoms with van der Waals surface area (Å²) in [4.78, 5) is 3.41. The van der Waals surface area contributed by atoms with Crippen molar-refractivity contribution in [3.8, 4) is 17.2 Å². The van der Waals surface area contributed by atoms with E-state index < -0.39 is 0 Å². The van der Waals surface area contributed by atoms with Crippen LogP contribution in [0.25, 0.3) is 10.9 Å². The summed E-state index contributed by atoms with van der Waals surface area (Å²) in [6.07, 6.45) is 2.09. The van der Waals surface area contributed by atoms with E-state index in [1.807, 2.05) is 18.2 Å². The molecule has 148 valence electrons. The Labute approximate surface area is 171 Å². The fourth-order valence-electron chi connectivity index (χ4n) is 3.90. The van der Waals surface area contributed by atoms with Crippen molar-refractivity contribution >= 4 is 10.9 Å². The lowest BCUT2D eigenvalue weighted by molar-refractivity contribution is 0.347. The van der Waals surface area contributed by atoms with Crippen LogP contribution in [0.3, 0.4) is 0 Å². The quantitative estimate of drug-likeness (QED) is 0.463. The summed E-state index contributed by atoms with van der Waals surface area (Å²) in [6, 6.07) is 20.9. The molecule has 0 bridgehead atoms. The van der Waals surface area contributed by atoms with Gasteiger partial charge in [0.25, 0.3) is 0 Å². The van der Waals surface area contributed by atoms with Crippen LogP contribution in [0.1, 0.15) is 28.2 Å².